The number of anilines is 1. The maximum Gasteiger partial charge on any atom is 0.329 e. The summed E-state index contributed by atoms with van der Waals surface area (Å²) in [4.78, 5) is 27.7. The number of piperidine rings is 1. The van der Waals surface area contributed by atoms with Gasteiger partial charge in [0.1, 0.15) is 17.6 Å². The van der Waals surface area contributed by atoms with Gasteiger partial charge >= 0.3 is 5.97 Å². The molecule has 7 heteroatoms. The lowest BCUT2D eigenvalue weighted by atomic mass is 9.88. The van der Waals surface area contributed by atoms with Gasteiger partial charge in [0.2, 0.25) is 0 Å². The normalized spacial score (nSPS) is 22.6. The Hall–Kier alpha value is -2.18. The van der Waals surface area contributed by atoms with Crippen molar-refractivity contribution >= 4 is 17.5 Å². The van der Waals surface area contributed by atoms with E-state index < -0.39 is 16.4 Å². The van der Waals surface area contributed by atoms with E-state index in [1.54, 1.807) is 24.8 Å². The minimum Gasteiger partial charge on any atom is -0.480 e. The van der Waals surface area contributed by atoms with Crippen molar-refractivity contribution in [3.05, 3.63) is 27.9 Å². The minimum absolute atomic E-state index is 0.0530. The molecule has 2 rings (SSSR count). The van der Waals surface area contributed by atoms with Gasteiger partial charge in [-0.05, 0) is 39.2 Å². The first-order valence-electron chi connectivity index (χ1n) is 6.48. The lowest BCUT2D eigenvalue weighted by molar-refractivity contribution is -0.385. The van der Waals surface area contributed by atoms with Gasteiger partial charge < -0.3 is 10.0 Å². The molecule has 1 N–H and O–H groups in total. The number of hydrogen-bond donors (Lipinski definition) is 1. The lowest BCUT2D eigenvalue weighted by Crippen LogP contribution is -2.55. The fraction of sp³-hybridized carbons (Fsp3) is 0.538. The number of nitrogens with zero attached hydrogens (tertiary/aromatic N) is 3. The second kappa shape index (κ2) is 5.07. The standard InChI is InChI=1S/C13H17N3O4/c1-9-7-11(14-8-10(9)16(19)20)15-6-4-3-5-13(15,2)12(17)18/h7-8H,3-6H2,1-2H3,(H,17,18). The number of aliphatic carboxylic acids is 1. The highest BCUT2D eigenvalue weighted by molar-refractivity contribution is 5.83. The predicted molar refractivity (Wildman–Crippen MR) is 72.9 cm³/mol. The Bertz CT molecular complexity index is 561. The third-order valence-corrected chi connectivity index (χ3v) is 3.89. The Labute approximate surface area is 116 Å². The number of hydrogen-bond acceptors (Lipinski definition) is 5. The van der Waals surface area contributed by atoms with Crippen molar-refractivity contribution in [1.82, 2.24) is 4.98 Å². The van der Waals surface area contributed by atoms with Crippen LogP contribution in [0.5, 0.6) is 0 Å². The predicted octanol–water partition coefficient (Wildman–Crippen LogP) is 2.13. The lowest BCUT2D eigenvalue weighted by Gasteiger charge is -2.42. The number of carboxylic acid groups (broad SMARTS) is 1. The molecule has 1 aromatic rings. The molecule has 2 heterocycles. The van der Waals surface area contributed by atoms with E-state index in [0.717, 1.165) is 12.8 Å². The largest absolute Gasteiger partial charge is 0.480 e. The first kappa shape index (κ1) is 14.2. The van der Waals surface area contributed by atoms with Gasteiger partial charge in [0.15, 0.2) is 0 Å². The highest BCUT2D eigenvalue weighted by Crippen LogP contribution is 2.33. The molecule has 0 spiro atoms. The Kier molecular flexibility index (Phi) is 3.61. The van der Waals surface area contributed by atoms with Gasteiger partial charge in [0.05, 0.1) is 4.92 Å². The van der Waals surface area contributed by atoms with Crippen LogP contribution < -0.4 is 4.90 Å². The maximum absolute atomic E-state index is 11.5. The molecule has 1 aliphatic rings. The van der Waals surface area contributed by atoms with E-state index in [1.807, 2.05) is 0 Å². The van der Waals surface area contributed by atoms with E-state index in [2.05, 4.69) is 4.98 Å². The van der Waals surface area contributed by atoms with E-state index in [-0.39, 0.29) is 5.69 Å². The summed E-state index contributed by atoms with van der Waals surface area (Å²) in [7, 11) is 0. The number of rotatable bonds is 3. The average molecular weight is 279 g/mol. The second-order valence-electron chi connectivity index (χ2n) is 5.27. The van der Waals surface area contributed by atoms with Gasteiger partial charge in [-0.1, -0.05) is 0 Å². The van der Waals surface area contributed by atoms with Crippen molar-refractivity contribution < 1.29 is 14.8 Å². The molecule has 0 saturated carbocycles. The first-order valence-corrected chi connectivity index (χ1v) is 6.48. The smallest absolute Gasteiger partial charge is 0.329 e. The molecule has 0 bridgehead atoms. The van der Waals surface area contributed by atoms with Crippen molar-refractivity contribution in [3.8, 4) is 0 Å². The summed E-state index contributed by atoms with van der Waals surface area (Å²) in [6.07, 6.45) is 3.48. The highest BCUT2D eigenvalue weighted by atomic mass is 16.6. The van der Waals surface area contributed by atoms with Gasteiger partial charge in [0, 0.05) is 12.1 Å². The molecule has 7 nitrogen and oxygen atoms in total. The van der Waals surface area contributed by atoms with Crippen LogP contribution in [0.3, 0.4) is 0 Å². The van der Waals surface area contributed by atoms with Crippen molar-refractivity contribution in [2.45, 2.75) is 38.6 Å². The molecule has 1 fully saturated rings. The molecule has 1 aliphatic heterocycles. The van der Waals surface area contributed by atoms with Crippen LogP contribution >= 0.6 is 0 Å². The van der Waals surface area contributed by atoms with Crippen LogP contribution in [-0.4, -0.2) is 33.1 Å². The first-order chi connectivity index (χ1) is 9.36. The van der Waals surface area contributed by atoms with Crippen LogP contribution in [0.1, 0.15) is 31.7 Å². The topological polar surface area (TPSA) is 96.6 Å². The van der Waals surface area contributed by atoms with Gasteiger partial charge in [-0.2, -0.15) is 0 Å². The van der Waals surface area contributed by atoms with Gasteiger partial charge in [-0.3, -0.25) is 10.1 Å². The minimum atomic E-state index is -1.01. The molecule has 20 heavy (non-hydrogen) atoms. The molecule has 0 aromatic carbocycles. The molecular weight excluding hydrogens is 262 g/mol. The van der Waals surface area contributed by atoms with E-state index in [1.165, 1.54) is 6.20 Å². The average Bonchev–Trinajstić information content (AvgIpc) is 2.38. The molecule has 1 aromatic heterocycles. The SMILES string of the molecule is Cc1cc(N2CCCCC2(C)C(=O)O)ncc1[N+](=O)[O-]. The fourth-order valence-corrected chi connectivity index (χ4v) is 2.58. The highest BCUT2D eigenvalue weighted by Gasteiger charge is 2.42. The monoisotopic (exact) mass is 279 g/mol. The van der Waals surface area contributed by atoms with Gasteiger partial charge in [0.25, 0.3) is 5.69 Å². The van der Waals surface area contributed by atoms with E-state index in [4.69, 9.17) is 0 Å². The molecule has 1 unspecified atom stereocenters. The molecule has 0 aliphatic carbocycles. The Morgan fingerprint density at radius 2 is 2.25 bits per heavy atom. The zero-order chi connectivity index (χ0) is 14.9. The summed E-state index contributed by atoms with van der Waals surface area (Å²) >= 11 is 0. The fourth-order valence-electron chi connectivity index (χ4n) is 2.58. The van der Waals surface area contributed by atoms with E-state index in [0.29, 0.717) is 24.3 Å². The van der Waals surface area contributed by atoms with Crippen LogP contribution in [0.15, 0.2) is 12.3 Å². The third kappa shape index (κ3) is 2.31. The van der Waals surface area contributed by atoms with Gasteiger partial charge in [-0.15, -0.1) is 0 Å². The molecule has 108 valence electrons. The van der Waals surface area contributed by atoms with E-state index >= 15 is 0 Å². The Morgan fingerprint density at radius 3 is 2.80 bits per heavy atom. The molecule has 1 atom stereocenters. The zero-order valence-electron chi connectivity index (χ0n) is 11.5. The molecule has 0 amide bonds. The van der Waals surface area contributed by atoms with Crippen LogP contribution in [0.4, 0.5) is 11.5 Å². The summed E-state index contributed by atoms with van der Waals surface area (Å²) in [5.41, 5.74) is -0.575. The maximum atomic E-state index is 11.5. The second-order valence-corrected chi connectivity index (χ2v) is 5.27. The molecule has 1 saturated heterocycles. The summed E-state index contributed by atoms with van der Waals surface area (Å²) < 4.78 is 0. The van der Waals surface area contributed by atoms with Crippen molar-refractivity contribution in [2.24, 2.45) is 0 Å². The van der Waals surface area contributed by atoms with Crippen LogP contribution in [0.25, 0.3) is 0 Å². The van der Waals surface area contributed by atoms with Crippen LogP contribution in [0, 0.1) is 17.0 Å². The van der Waals surface area contributed by atoms with E-state index in [9.17, 15) is 20.0 Å². The summed E-state index contributed by atoms with van der Waals surface area (Å²) in [5.74, 6) is -0.410. The number of carbonyl (C=O) groups is 1. The number of nitro groups is 1. The molecular formula is C13H17N3O4. The number of pyridine rings is 1. The van der Waals surface area contributed by atoms with Crippen molar-refractivity contribution in [2.75, 3.05) is 11.4 Å². The number of carboxylic acids is 1. The Morgan fingerprint density at radius 1 is 1.55 bits per heavy atom. The Balaban J connectivity index is 2.41. The summed E-state index contributed by atoms with van der Waals surface area (Å²) in [6, 6.07) is 1.59. The number of aromatic nitrogens is 1. The van der Waals surface area contributed by atoms with Crippen LogP contribution in [0.2, 0.25) is 0 Å². The molecule has 0 radical (unpaired) electrons. The number of aryl methyl sites for hydroxylation is 1. The summed E-state index contributed by atoms with van der Waals surface area (Å²) in [5, 5.41) is 20.3. The zero-order valence-corrected chi connectivity index (χ0v) is 11.5. The van der Waals surface area contributed by atoms with Crippen molar-refractivity contribution in [3.63, 3.8) is 0 Å². The quantitative estimate of drug-likeness (QED) is 0.672. The van der Waals surface area contributed by atoms with Crippen molar-refractivity contribution in [1.29, 1.82) is 0 Å². The summed E-state index contributed by atoms with van der Waals surface area (Å²) in [6.45, 7) is 3.89. The van der Waals surface area contributed by atoms with Crippen LogP contribution in [-0.2, 0) is 4.79 Å². The van der Waals surface area contributed by atoms with Gasteiger partial charge in [-0.25, -0.2) is 9.78 Å². The third-order valence-electron chi connectivity index (χ3n) is 3.89.